The molecular formula is C26H39NO11. The Hall–Kier alpha value is -3.54. The predicted molar refractivity (Wildman–Crippen MR) is 135 cm³/mol. The molecule has 0 aromatic heterocycles. The van der Waals surface area contributed by atoms with E-state index in [1.54, 1.807) is 34.6 Å². The molecule has 0 saturated carbocycles. The predicted octanol–water partition coefficient (Wildman–Crippen LogP) is 4.54. The van der Waals surface area contributed by atoms with Crippen molar-refractivity contribution in [2.75, 3.05) is 13.2 Å². The zero-order valence-corrected chi connectivity index (χ0v) is 23.0. The van der Waals surface area contributed by atoms with Crippen LogP contribution in [-0.2, 0) is 34.9 Å². The molecular weight excluding hydrogens is 502 g/mol. The maximum Gasteiger partial charge on any atom is 0.514 e. The average molecular weight is 542 g/mol. The van der Waals surface area contributed by atoms with Crippen LogP contribution in [-0.4, -0.2) is 62.0 Å². The minimum atomic E-state index is -1.09. The van der Waals surface area contributed by atoms with E-state index in [1.165, 1.54) is 18.2 Å². The monoisotopic (exact) mass is 541 g/mol. The van der Waals surface area contributed by atoms with Crippen molar-refractivity contribution in [3.63, 3.8) is 0 Å². The molecule has 0 radical (unpaired) electrons. The second-order valence-corrected chi connectivity index (χ2v) is 9.26. The zero-order chi connectivity index (χ0) is 28.8. The van der Waals surface area contributed by atoms with Gasteiger partial charge in [0.2, 0.25) is 0 Å². The first-order chi connectivity index (χ1) is 17.8. The minimum Gasteiger partial charge on any atom is -0.461 e. The van der Waals surface area contributed by atoms with E-state index in [0.717, 1.165) is 6.42 Å². The number of nitrogens with two attached hydrogens (primary N) is 1. The van der Waals surface area contributed by atoms with Gasteiger partial charge in [0.05, 0.1) is 18.8 Å². The number of benzene rings is 1. The Morgan fingerprint density at radius 3 is 1.89 bits per heavy atom. The molecule has 214 valence electrons. The molecule has 2 N–H and O–H groups in total. The van der Waals surface area contributed by atoms with Crippen LogP contribution in [0.25, 0.3) is 0 Å². The van der Waals surface area contributed by atoms with Gasteiger partial charge >= 0.3 is 24.4 Å². The van der Waals surface area contributed by atoms with E-state index < -0.39 is 48.8 Å². The van der Waals surface area contributed by atoms with Gasteiger partial charge in [-0.15, -0.1) is 0 Å². The molecule has 0 aliphatic heterocycles. The van der Waals surface area contributed by atoms with Crippen LogP contribution >= 0.6 is 0 Å². The maximum absolute atomic E-state index is 12.4. The van der Waals surface area contributed by atoms with Crippen LogP contribution in [0, 0.1) is 5.92 Å². The Morgan fingerprint density at radius 2 is 1.34 bits per heavy atom. The Bertz CT molecular complexity index is 932. The second kappa shape index (κ2) is 16.3. The Labute approximate surface area is 223 Å². The summed E-state index contributed by atoms with van der Waals surface area (Å²) in [5.41, 5.74) is 6.46. The number of rotatable bonds is 13. The van der Waals surface area contributed by atoms with Gasteiger partial charge in [0, 0.05) is 0 Å². The largest absolute Gasteiger partial charge is 0.514 e. The molecule has 0 spiro atoms. The Morgan fingerprint density at radius 1 is 0.763 bits per heavy atom. The molecule has 3 atom stereocenters. The fourth-order valence-corrected chi connectivity index (χ4v) is 2.66. The number of hydrogen-bond donors (Lipinski definition) is 1. The zero-order valence-electron chi connectivity index (χ0n) is 23.0. The van der Waals surface area contributed by atoms with Crippen molar-refractivity contribution in [2.45, 2.75) is 85.7 Å². The first-order valence-electron chi connectivity index (χ1n) is 12.5. The van der Waals surface area contributed by atoms with Crippen LogP contribution in [0.2, 0.25) is 0 Å². The van der Waals surface area contributed by atoms with Gasteiger partial charge in [-0.2, -0.15) is 0 Å². The Balaban J connectivity index is 2.77. The fraction of sp³-hybridized carbons (Fsp3) is 0.615. The molecule has 0 amide bonds. The van der Waals surface area contributed by atoms with Crippen molar-refractivity contribution < 1.29 is 52.3 Å². The van der Waals surface area contributed by atoms with E-state index >= 15 is 0 Å². The highest BCUT2D eigenvalue weighted by Crippen LogP contribution is 2.30. The van der Waals surface area contributed by atoms with Crippen molar-refractivity contribution in [1.82, 2.24) is 0 Å². The minimum absolute atomic E-state index is 0.00265. The van der Waals surface area contributed by atoms with Crippen molar-refractivity contribution in [1.29, 1.82) is 0 Å². The first-order valence-corrected chi connectivity index (χ1v) is 12.5. The number of esters is 1. The highest BCUT2D eigenvalue weighted by atomic mass is 16.8. The highest BCUT2D eigenvalue weighted by Gasteiger charge is 2.22. The number of carbonyl (C=O) groups excluding carboxylic acids is 4. The summed E-state index contributed by atoms with van der Waals surface area (Å²) in [5.74, 6) is -0.763. The van der Waals surface area contributed by atoms with Gasteiger partial charge in [-0.25, -0.2) is 14.4 Å². The van der Waals surface area contributed by atoms with E-state index in [2.05, 4.69) is 0 Å². The molecule has 0 saturated heterocycles. The molecule has 0 fully saturated rings. The first kappa shape index (κ1) is 32.5. The van der Waals surface area contributed by atoms with Crippen molar-refractivity contribution in [3.05, 3.63) is 23.8 Å². The average Bonchev–Trinajstić information content (AvgIpc) is 2.81. The third-order valence-corrected chi connectivity index (χ3v) is 4.76. The summed E-state index contributed by atoms with van der Waals surface area (Å²) < 4.78 is 35.5. The summed E-state index contributed by atoms with van der Waals surface area (Å²) >= 11 is 0. The van der Waals surface area contributed by atoms with Gasteiger partial charge in [0.15, 0.2) is 11.5 Å². The molecule has 1 unspecified atom stereocenters. The molecule has 0 bridgehead atoms. The van der Waals surface area contributed by atoms with Crippen LogP contribution in [0.15, 0.2) is 18.2 Å². The molecule has 1 aromatic rings. The van der Waals surface area contributed by atoms with Crippen LogP contribution in [0.5, 0.6) is 11.5 Å². The van der Waals surface area contributed by atoms with Gasteiger partial charge < -0.3 is 38.9 Å². The van der Waals surface area contributed by atoms with Crippen molar-refractivity contribution >= 4 is 24.4 Å². The lowest BCUT2D eigenvalue weighted by molar-refractivity contribution is -0.148. The van der Waals surface area contributed by atoms with E-state index in [-0.39, 0.29) is 37.1 Å². The summed E-state index contributed by atoms with van der Waals surface area (Å²) in [6.45, 7) is 12.1. The van der Waals surface area contributed by atoms with Gasteiger partial charge in [-0.3, -0.25) is 4.79 Å². The Kier molecular flexibility index (Phi) is 14.0. The van der Waals surface area contributed by atoms with E-state index in [0.29, 0.717) is 5.56 Å². The number of ether oxygens (including phenoxy) is 7. The molecule has 1 aromatic carbocycles. The highest BCUT2D eigenvalue weighted by molar-refractivity contribution is 5.76. The molecule has 12 nitrogen and oxygen atoms in total. The summed E-state index contributed by atoms with van der Waals surface area (Å²) in [6, 6.07) is 3.19. The molecule has 12 heteroatoms. The summed E-state index contributed by atoms with van der Waals surface area (Å²) in [4.78, 5) is 48.1. The standard InChI is InChI=1S/C26H39NO11/c1-8-17(6)13-33-24(29)36-18(7)14-32-23(28)20(27)11-19-9-10-21(37-25(30)34-15(2)3)22(12-19)38-26(31)35-16(4)5/h9-10,12,15-18,20H,8,11,13-14,27H2,1-7H3/t17?,18-,20-/m0/s1. The van der Waals surface area contributed by atoms with Crippen LogP contribution in [0.1, 0.15) is 60.5 Å². The smallest absolute Gasteiger partial charge is 0.461 e. The van der Waals surface area contributed by atoms with E-state index in [9.17, 15) is 19.2 Å². The van der Waals surface area contributed by atoms with Crippen molar-refractivity contribution in [3.8, 4) is 11.5 Å². The van der Waals surface area contributed by atoms with Gasteiger partial charge in [-0.05, 0) is 64.7 Å². The molecule has 0 heterocycles. The van der Waals surface area contributed by atoms with Crippen LogP contribution < -0.4 is 15.2 Å². The van der Waals surface area contributed by atoms with Crippen molar-refractivity contribution in [2.24, 2.45) is 11.7 Å². The molecule has 0 aliphatic rings. The summed E-state index contributed by atoms with van der Waals surface area (Å²) in [6.07, 6.45) is -3.62. The third kappa shape index (κ3) is 13.1. The van der Waals surface area contributed by atoms with Gasteiger partial charge in [0.25, 0.3) is 0 Å². The molecule has 0 aliphatic carbocycles. The number of hydrogen-bond acceptors (Lipinski definition) is 12. The van der Waals surface area contributed by atoms with E-state index in [1.807, 2.05) is 13.8 Å². The number of carbonyl (C=O) groups is 4. The lowest BCUT2D eigenvalue weighted by atomic mass is 10.1. The summed E-state index contributed by atoms with van der Waals surface area (Å²) in [7, 11) is 0. The summed E-state index contributed by atoms with van der Waals surface area (Å²) in [5, 5.41) is 0. The van der Waals surface area contributed by atoms with Crippen LogP contribution in [0.4, 0.5) is 14.4 Å². The van der Waals surface area contributed by atoms with Crippen LogP contribution in [0.3, 0.4) is 0 Å². The molecule has 38 heavy (non-hydrogen) atoms. The normalized spacial score (nSPS) is 13.2. The van der Waals surface area contributed by atoms with E-state index in [4.69, 9.17) is 38.9 Å². The van der Waals surface area contributed by atoms with Gasteiger partial charge in [0.1, 0.15) is 18.8 Å². The fourth-order valence-electron chi connectivity index (χ4n) is 2.66. The lowest BCUT2D eigenvalue weighted by Crippen LogP contribution is -2.36. The topological polar surface area (TPSA) is 159 Å². The van der Waals surface area contributed by atoms with Gasteiger partial charge in [-0.1, -0.05) is 26.3 Å². The molecule has 1 rings (SSSR count). The quantitative estimate of drug-likeness (QED) is 0.211. The SMILES string of the molecule is CCC(C)COC(=O)O[C@@H](C)COC(=O)[C@@H](N)Cc1ccc(OC(=O)OC(C)C)c(OC(=O)OC(C)C)c1. The lowest BCUT2D eigenvalue weighted by Gasteiger charge is -2.17. The third-order valence-electron chi connectivity index (χ3n) is 4.76. The second-order valence-electron chi connectivity index (χ2n) is 9.26. The maximum atomic E-state index is 12.4.